The molecule has 0 atom stereocenters. The van der Waals surface area contributed by atoms with Crippen LogP contribution < -0.4 is 0 Å². The van der Waals surface area contributed by atoms with Gasteiger partial charge in [-0.2, -0.15) is 0 Å². The van der Waals surface area contributed by atoms with Crippen molar-refractivity contribution >= 4 is 11.9 Å². The molecule has 0 aliphatic carbocycles. The van der Waals surface area contributed by atoms with Crippen molar-refractivity contribution in [2.45, 2.75) is 19.8 Å². The third kappa shape index (κ3) is 4.05. The molecule has 130 valence electrons. The molecule has 5 nitrogen and oxygen atoms in total. The lowest BCUT2D eigenvalue weighted by Gasteiger charge is -2.30. The summed E-state index contributed by atoms with van der Waals surface area (Å²) in [5.41, 5.74) is 2.50. The number of pyridine rings is 1. The van der Waals surface area contributed by atoms with Gasteiger partial charge in [0.25, 0.3) is 5.91 Å². The molecule has 0 spiro atoms. The van der Waals surface area contributed by atoms with E-state index < -0.39 is 0 Å². The van der Waals surface area contributed by atoms with Gasteiger partial charge in [0, 0.05) is 24.8 Å². The zero-order valence-corrected chi connectivity index (χ0v) is 14.4. The van der Waals surface area contributed by atoms with E-state index in [1.54, 1.807) is 24.1 Å². The molecule has 1 amide bonds. The number of rotatable bonds is 4. The fourth-order valence-corrected chi connectivity index (χ4v) is 3.06. The number of hydrogen-bond acceptors (Lipinski definition) is 4. The largest absolute Gasteiger partial charge is 0.466 e. The molecule has 0 unspecified atom stereocenters. The monoisotopic (exact) mass is 338 g/mol. The van der Waals surface area contributed by atoms with E-state index in [0.29, 0.717) is 38.2 Å². The number of amides is 1. The fraction of sp³-hybridized carbons (Fsp3) is 0.350. The van der Waals surface area contributed by atoms with Gasteiger partial charge in [0.1, 0.15) is 5.69 Å². The molecule has 3 rings (SSSR count). The molecule has 5 heteroatoms. The lowest BCUT2D eigenvalue weighted by Crippen LogP contribution is -2.40. The lowest BCUT2D eigenvalue weighted by molar-refractivity contribution is -0.149. The predicted molar refractivity (Wildman–Crippen MR) is 94.9 cm³/mol. The Kier molecular flexibility index (Phi) is 5.43. The predicted octanol–water partition coefficient (Wildman–Crippen LogP) is 3.16. The van der Waals surface area contributed by atoms with E-state index in [4.69, 9.17) is 4.74 Å². The molecule has 0 bridgehead atoms. The molecule has 0 saturated carbocycles. The Balaban J connectivity index is 1.61. The first kappa shape index (κ1) is 17.1. The number of likely N-dealkylation sites (tertiary alicyclic amines) is 1. The van der Waals surface area contributed by atoms with Crippen LogP contribution in [0.25, 0.3) is 11.1 Å². The normalized spacial score (nSPS) is 15.0. The minimum Gasteiger partial charge on any atom is -0.466 e. The molecule has 1 aliphatic rings. The van der Waals surface area contributed by atoms with Crippen LogP contribution in [-0.2, 0) is 9.53 Å². The molecule has 2 heterocycles. The average Bonchev–Trinajstić information content (AvgIpc) is 2.68. The van der Waals surface area contributed by atoms with Gasteiger partial charge in [-0.05, 0) is 31.4 Å². The number of carbonyl (C=O) groups is 2. The van der Waals surface area contributed by atoms with E-state index in [9.17, 15) is 9.59 Å². The van der Waals surface area contributed by atoms with Gasteiger partial charge in [-0.1, -0.05) is 36.4 Å². The van der Waals surface area contributed by atoms with Crippen molar-refractivity contribution in [3.63, 3.8) is 0 Å². The summed E-state index contributed by atoms with van der Waals surface area (Å²) in [7, 11) is 0. The summed E-state index contributed by atoms with van der Waals surface area (Å²) in [4.78, 5) is 30.5. The quantitative estimate of drug-likeness (QED) is 0.804. The SMILES string of the molecule is CCOC(=O)C1CCN(C(=O)c2ccc(-c3ccccc3)cn2)CC1. The first-order valence-corrected chi connectivity index (χ1v) is 8.66. The zero-order valence-electron chi connectivity index (χ0n) is 14.4. The van der Waals surface area contributed by atoms with Crippen LogP contribution in [0.15, 0.2) is 48.7 Å². The van der Waals surface area contributed by atoms with Gasteiger partial charge in [0.2, 0.25) is 0 Å². The lowest BCUT2D eigenvalue weighted by atomic mass is 9.97. The summed E-state index contributed by atoms with van der Waals surface area (Å²) in [5, 5.41) is 0. The Labute approximate surface area is 147 Å². The van der Waals surface area contributed by atoms with E-state index in [2.05, 4.69) is 4.98 Å². The summed E-state index contributed by atoms with van der Waals surface area (Å²) in [6.45, 7) is 3.33. The first-order chi connectivity index (χ1) is 12.2. The third-order valence-corrected chi connectivity index (χ3v) is 4.49. The Morgan fingerprint density at radius 3 is 2.40 bits per heavy atom. The fourth-order valence-electron chi connectivity index (χ4n) is 3.06. The molecule has 1 aromatic heterocycles. The molecular formula is C20H22N2O3. The van der Waals surface area contributed by atoms with Crippen molar-refractivity contribution < 1.29 is 14.3 Å². The molecule has 2 aromatic rings. The summed E-state index contributed by atoms with van der Waals surface area (Å²) in [5.74, 6) is -0.334. The van der Waals surface area contributed by atoms with Crippen molar-refractivity contribution in [2.75, 3.05) is 19.7 Å². The maximum Gasteiger partial charge on any atom is 0.309 e. The third-order valence-electron chi connectivity index (χ3n) is 4.49. The maximum atomic E-state index is 12.6. The maximum absolute atomic E-state index is 12.6. The van der Waals surface area contributed by atoms with Gasteiger partial charge in [-0.15, -0.1) is 0 Å². The molecule has 25 heavy (non-hydrogen) atoms. The van der Waals surface area contributed by atoms with Crippen molar-refractivity contribution in [1.82, 2.24) is 9.88 Å². The highest BCUT2D eigenvalue weighted by molar-refractivity contribution is 5.92. The summed E-state index contributed by atoms with van der Waals surface area (Å²) >= 11 is 0. The Bertz CT molecular complexity index is 720. The topological polar surface area (TPSA) is 59.5 Å². The van der Waals surface area contributed by atoms with Crippen molar-refractivity contribution in [1.29, 1.82) is 0 Å². The standard InChI is InChI=1S/C20H22N2O3/c1-2-25-20(24)16-10-12-22(13-11-16)19(23)18-9-8-17(14-21-18)15-6-4-3-5-7-15/h3-9,14,16H,2,10-13H2,1H3. The van der Waals surface area contributed by atoms with Crippen molar-refractivity contribution in [3.05, 3.63) is 54.4 Å². The Morgan fingerprint density at radius 1 is 1.08 bits per heavy atom. The number of piperidine rings is 1. The van der Waals surface area contributed by atoms with Crippen LogP contribution in [0, 0.1) is 5.92 Å². The molecule has 0 radical (unpaired) electrons. The second kappa shape index (κ2) is 7.92. The van der Waals surface area contributed by atoms with Gasteiger partial charge in [0.05, 0.1) is 12.5 Å². The first-order valence-electron chi connectivity index (χ1n) is 8.66. The van der Waals surface area contributed by atoms with Crippen LogP contribution in [0.3, 0.4) is 0 Å². The summed E-state index contributed by atoms with van der Waals surface area (Å²) in [6.07, 6.45) is 3.02. The number of ether oxygens (including phenoxy) is 1. The minimum atomic E-state index is -0.153. The van der Waals surface area contributed by atoms with E-state index in [1.807, 2.05) is 36.4 Å². The molecule has 1 aromatic carbocycles. The molecule has 1 fully saturated rings. The smallest absolute Gasteiger partial charge is 0.309 e. The van der Waals surface area contributed by atoms with Gasteiger partial charge < -0.3 is 9.64 Å². The summed E-state index contributed by atoms with van der Waals surface area (Å²) < 4.78 is 5.06. The Hall–Kier alpha value is -2.69. The van der Waals surface area contributed by atoms with Gasteiger partial charge >= 0.3 is 5.97 Å². The zero-order chi connectivity index (χ0) is 17.6. The number of aromatic nitrogens is 1. The second-order valence-electron chi connectivity index (χ2n) is 6.12. The van der Waals surface area contributed by atoms with Crippen molar-refractivity contribution in [2.24, 2.45) is 5.92 Å². The van der Waals surface area contributed by atoms with Crippen LogP contribution in [0.4, 0.5) is 0 Å². The van der Waals surface area contributed by atoms with E-state index in [1.165, 1.54) is 0 Å². The minimum absolute atomic E-state index is 0.0816. The van der Waals surface area contributed by atoms with Crippen LogP contribution >= 0.6 is 0 Å². The molecular weight excluding hydrogens is 316 g/mol. The van der Waals surface area contributed by atoms with Crippen LogP contribution in [0.2, 0.25) is 0 Å². The van der Waals surface area contributed by atoms with Crippen molar-refractivity contribution in [3.8, 4) is 11.1 Å². The second-order valence-corrected chi connectivity index (χ2v) is 6.12. The number of esters is 1. The van der Waals surface area contributed by atoms with Crippen LogP contribution in [-0.4, -0.2) is 41.5 Å². The summed E-state index contributed by atoms with van der Waals surface area (Å²) in [6, 6.07) is 13.6. The van der Waals surface area contributed by atoms with Gasteiger partial charge in [0.15, 0.2) is 0 Å². The molecule has 1 saturated heterocycles. The van der Waals surface area contributed by atoms with Crippen LogP contribution in [0.1, 0.15) is 30.3 Å². The number of nitrogens with zero attached hydrogens (tertiary/aromatic N) is 2. The number of hydrogen-bond donors (Lipinski definition) is 0. The van der Waals surface area contributed by atoms with Gasteiger partial charge in [-0.25, -0.2) is 0 Å². The highest BCUT2D eigenvalue weighted by atomic mass is 16.5. The van der Waals surface area contributed by atoms with Crippen LogP contribution in [0.5, 0.6) is 0 Å². The highest BCUT2D eigenvalue weighted by Gasteiger charge is 2.29. The van der Waals surface area contributed by atoms with E-state index >= 15 is 0 Å². The van der Waals surface area contributed by atoms with E-state index in [-0.39, 0.29) is 17.8 Å². The number of carbonyl (C=O) groups excluding carboxylic acids is 2. The molecule has 0 N–H and O–H groups in total. The molecule has 1 aliphatic heterocycles. The highest BCUT2D eigenvalue weighted by Crippen LogP contribution is 2.21. The number of benzene rings is 1. The van der Waals surface area contributed by atoms with Gasteiger partial charge in [-0.3, -0.25) is 14.6 Å². The average molecular weight is 338 g/mol. The van der Waals surface area contributed by atoms with E-state index in [0.717, 1.165) is 11.1 Å². The Morgan fingerprint density at radius 2 is 1.80 bits per heavy atom.